The lowest BCUT2D eigenvalue weighted by atomic mass is 9.78. The van der Waals surface area contributed by atoms with Crippen LogP contribution in [-0.4, -0.2) is 86.5 Å². The number of carbonyl (C=O) groups is 4. The molecule has 1 saturated carbocycles. The van der Waals surface area contributed by atoms with Crippen molar-refractivity contribution >= 4 is 23.4 Å². The maximum atomic E-state index is 13.7. The number of ether oxygens (including phenoxy) is 2. The highest BCUT2D eigenvalue weighted by molar-refractivity contribution is 6.39. The Morgan fingerprint density at radius 2 is 1.67 bits per heavy atom. The molecule has 0 aromatic rings. The second-order valence-electron chi connectivity index (χ2n) is 14.5. The zero-order valence-electron chi connectivity index (χ0n) is 28.0. The van der Waals surface area contributed by atoms with Crippen LogP contribution in [-0.2, 0) is 28.7 Å². The number of hydrogen-bond acceptors (Lipinski definition) is 9. The molecule has 2 bridgehead atoms. The summed E-state index contributed by atoms with van der Waals surface area (Å²) in [4.78, 5) is 55.2. The molecule has 3 aliphatic heterocycles. The molecule has 0 aromatic heterocycles. The lowest BCUT2D eigenvalue weighted by Gasteiger charge is -2.42. The van der Waals surface area contributed by atoms with Gasteiger partial charge in [-0.25, -0.2) is 4.79 Å². The first-order chi connectivity index (χ1) is 21.8. The average molecular weight is 646 g/mol. The third kappa shape index (κ3) is 8.74. The maximum Gasteiger partial charge on any atom is 0.329 e. The molecule has 2 saturated heterocycles. The molecule has 4 rings (SSSR count). The number of nitrogens with zero attached hydrogens (tertiary/aromatic N) is 1. The molecule has 1 amide bonds. The molecule has 3 N–H and O–H groups in total. The predicted octanol–water partition coefficient (Wildman–Crippen LogP) is 4.04. The van der Waals surface area contributed by atoms with E-state index in [0.29, 0.717) is 51.4 Å². The fourth-order valence-corrected chi connectivity index (χ4v) is 7.56. The van der Waals surface area contributed by atoms with Gasteiger partial charge in [0.15, 0.2) is 5.78 Å². The van der Waals surface area contributed by atoms with E-state index in [1.807, 2.05) is 13.0 Å². The fourth-order valence-electron chi connectivity index (χ4n) is 7.56. The molecule has 1 aliphatic carbocycles. The van der Waals surface area contributed by atoms with E-state index in [9.17, 15) is 34.5 Å². The number of carbonyl (C=O) groups excluding carboxylic acids is 4. The smallest absolute Gasteiger partial charge is 0.329 e. The topological polar surface area (TPSA) is 151 Å². The summed E-state index contributed by atoms with van der Waals surface area (Å²) in [5.41, 5.74) is 0. The van der Waals surface area contributed by atoms with Crippen molar-refractivity contribution in [3.8, 4) is 0 Å². The van der Waals surface area contributed by atoms with Gasteiger partial charge in [0.2, 0.25) is 5.79 Å². The number of amides is 1. The van der Waals surface area contributed by atoms with Gasteiger partial charge in [-0.05, 0) is 101 Å². The van der Waals surface area contributed by atoms with Crippen molar-refractivity contribution in [1.29, 1.82) is 0 Å². The summed E-state index contributed by atoms with van der Waals surface area (Å²) < 4.78 is 12.1. The molecule has 46 heavy (non-hydrogen) atoms. The molecule has 3 heterocycles. The minimum atomic E-state index is -2.40. The van der Waals surface area contributed by atoms with Crippen LogP contribution in [0.2, 0.25) is 0 Å². The van der Waals surface area contributed by atoms with Crippen LogP contribution in [0.1, 0.15) is 105 Å². The van der Waals surface area contributed by atoms with Crippen LogP contribution in [0.25, 0.3) is 0 Å². The van der Waals surface area contributed by atoms with E-state index >= 15 is 0 Å². The summed E-state index contributed by atoms with van der Waals surface area (Å²) in [6, 6.07) is -0.951. The van der Waals surface area contributed by atoms with Crippen molar-refractivity contribution in [1.82, 2.24) is 4.90 Å². The Kier molecular flexibility index (Phi) is 12.8. The Bertz CT molecular complexity index is 1150. The molecule has 0 radical (unpaired) electrons. The van der Waals surface area contributed by atoms with Gasteiger partial charge in [-0.1, -0.05) is 45.9 Å². The minimum absolute atomic E-state index is 0.0276. The summed E-state index contributed by atoms with van der Waals surface area (Å²) in [5.74, 6) is -6.11. The number of esters is 1. The number of rotatable bonds is 3. The van der Waals surface area contributed by atoms with Crippen LogP contribution >= 0.6 is 0 Å². The second kappa shape index (κ2) is 16.1. The second-order valence-corrected chi connectivity index (χ2v) is 14.5. The van der Waals surface area contributed by atoms with E-state index in [-0.39, 0.29) is 30.1 Å². The SMILES string of the molecule is C[C@@H]1/C=C/CC/C=C/C(=O)[C@H](C)[C@@H]2CC[C@@H](C)[C@@](O)(O2)C(=O)C(=O)N2CCCC2C(=O)O[C@H]([C@H](C)C[C@@H]2CC[C@@H](O)[C@H](O)C2)CC1. The highest BCUT2D eigenvalue weighted by atomic mass is 16.6. The van der Waals surface area contributed by atoms with Crippen molar-refractivity contribution in [2.24, 2.45) is 29.6 Å². The first kappa shape index (κ1) is 36.4. The minimum Gasteiger partial charge on any atom is -0.461 e. The van der Waals surface area contributed by atoms with Crippen LogP contribution in [0.3, 0.4) is 0 Å². The number of allylic oxidation sites excluding steroid dienone is 4. The monoisotopic (exact) mass is 645 g/mol. The zero-order chi connectivity index (χ0) is 33.6. The van der Waals surface area contributed by atoms with Crippen molar-refractivity contribution in [2.45, 2.75) is 141 Å². The summed E-state index contributed by atoms with van der Waals surface area (Å²) in [5, 5.41) is 31.7. The average Bonchev–Trinajstić information content (AvgIpc) is 3.52. The fraction of sp³-hybridized carbons (Fsp3) is 0.778. The Balaban J connectivity index is 1.57. The van der Waals surface area contributed by atoms with Gasteiger partial charge in [0.25, 0.3) is 11.7 Å². The van der Waals surface area contributed by atoms with E-state index < -0.39 is 65.7 Å². The Morgan fingerprint density at radius 3 is 2.41 bits per heavy atom. The van der Waals surface area contributed by atoms with Gasteiger partial charge in [0, 0.05) is 18.4 Å². The molecule has 0 spiro atoms. The number of cyclic esters (lactones) is 1. The summed E-state index contributed by atoms with van der Waals surface area (Å²) >= 11 is 0. The molecule has 0 aromatic carbocycles. The third-order valence-corrected chi connectivity index (χ3v) is 10.8. The van der Waals surface area contributed by atoms with E-state index in [0.717, 1.165) is 25.7 Å². The highest BCUT2D eigenvalue weighted by Gasteiger charge is 2.54. The van der Waals surface area contributed by atoms with Gasteiger partial charge in [0.1, 0.15) is 12.1 Å². The molecule has 10 nitrogen and oxygen atoms in total. The number of fused-ring (bicyclic) bond motifs is 3. The van der Waals surface area contributed by atoms with Crippen LogP contribution < -0.4 is 0 Å². The molecule has 1 unspecified atom stereocenters. The molecule has 4 aliphatic rings. The number of aliphatic hydroxyl groups is 3. The zero-order valence-corrected chi connectivity index (χ0v) is 28.0. The lowest BCUT2D eigenvalue weighted by Crippen LogP contribution is -2.60. The lowest BCUT2D eigenvalue weighted by molar-refractivity contribution is -0.268. The van der Waals surface area contributed by atoms with E-state index in [1.165, 1.54) is 11.0 Å². The predicted molar refractivity (Wildman–Crippen MR) is 171 cm³/mol. The molecule has 258 valence electrons. The van der Waals surface area contributed by atoms with Crippen LogP contribution in [0.5, 0.6) is 0 Å². The van der Waals surface area contributed by atoms with Crippen molar-refractivity contribution < 1.29 is 44.0 Å². The normalized spacial score (nSPS) is 41.2. The summed E-state index contributed by atoms with van der Waals surface area (Å²) in [6.07, 6.45) is 12.1. The van der Waals surface area contributed by atoms with Gasteiger partial charge in [0.05, 0.1) is 18.3 Å². The van der Waals surface area contributed by atoms with Gasteiger partial charge < -0.3 is 29.7 Å². The van der Waals surface area contributed by atoms with Crippen molar-refractivity contribution in [3.63, 3.8) is 0 Å². The molecular weight excluding hydrogens is 590 g/mol. The first-order valence-corrected chi connectivity index (χ1v) is 17.5. The Labute approximate surface area is 273 Å². The Hall–Kier alpha value is -2.40. The van der Waals surface area contributed by atoms with Crippen molar-refractivity contribution in [2.75, 3.05) is 6.54 Å². The maximum absolute atomic E-state index is 13.7. The molecule has 10 heteroatoms. The largest absolute Gasteiger partial charge is 0.461 e. The van der Waals surface area contributed by atoms with Gasteiger partial charge in [-0.15, -0.1) is 0 Å². The van der Waals surface area contributed by atoms with Gasteiger partial charge in [-0.3, -0.25) is 14.4 Å². The highest BCUT2D eigenvalue weighted by Crippen LogP contribution is 2.37. The van der Waals surface area contributed by atoms with Crippen LogP contribution in [0, 0.1) is 29.6 Å². The quantitative estimate of drug-likeness (QED) is 0.235. The van der Waals surface area contributed by atoms with Gasteiger partial charge >= 0.3 is 5.97 Å². The molecule has 3 fully saturated rings. The van der Waals surface area contributed by atoms with E-state index in [2.05, 4.69) is 19.1 Å². The number of hydrogen-bond donors (Lipinski definition) is 3. The van der Waals surface area contributed by atoms with Crippen LogP contribution in [0.4, 0.5) is 0 Å². The van der Waals surface area contributed by atoms with E-state index in [4.69, 9.17) is 9.47 Å². The summed E-state index contributed by atoms with van der Waals surface area (Å²) in [6.45, 7) is 7.70. The third-order valence-electron chi connectivity index (χ3n) is 10.8. The molecular formula is C36H55NO9. The molecule has 11 atom stereocenters. The van der Waals surface area contributed by atoms with Crippen LogP contribution in [0.15, 0.2) is 24.3 Å². The number of aliphatic hydroxyl groups excluding tert-OH is 2. The Morgan fingerprint density at radius 1 is 0.935 bits per heavy atom. The van der Waals surface area contributed by atoms with Crippen molar-refractivity contribution in [3.05, 3.63) is 24.3 Å². The summed E-state index contributed by atoms with van der Waals surface area (Å²) in [7, 11) is 0. The standard InChI is InChI=1S/C36H55NO9/c1-22-10-7-5-6-8-12-28(38)25(4)32-18-14-24(3)36(44,46-32)33(41)34(42)37-19-9-11-27(37)35(43)45-31(17-13-22)23(2)20-26-15-16-29(39)30(40)21-26/h7-8,10,12,22-27,29-32,39-40,44H,5-6,9,11,13-21H2,1-4H3/b10-7+,12-8+/t22-,23-,24-,25+,26+,27?,29-,30-,31+,32+,36-/m1/s1. The van der Waals surface area contributed by atoms with Gasteiger partial charge in [-0.2, -0.15) is 0 Å². The number of ketones is 2. The first-order valence-electron chi connectivity index (χ1n) is 17.5. The number of Topliss-reactive ketones (excluding diaryl/α,β-unsaturated/α-hetero) is 1. The van der Waals surface area contributed by atoms with E-state index in [1.54, 1.807) is 13.8 Å².